The Morgan fingerprint density at radius 3 is 3.06 bits per heavy atom. The van der Waals surface area contributed by atoms with Crippen LogP contribution in [0.4, 0.5) is 5.69 Å². The van der Waals surface area contributed by atoms with Gasteiger partial charge < -0.3 is 4.90 Å². The number of anilines is 1. The van der Waals surface area contributed by atoms with Crippen LogP contribution < -0.4 is 4.90 Å². The zero-order valence-corrected chi connectivity index (χ0v) is 11.6. The number of nitrogens with zero attached hydrogens (tertiary/aromatic N) is 1. The first-order valence-corrected chi connectivity index (χ1v) is 7.16. The highest BCUT2D eigenvalue weighted by atomic mass is 79.9. The Balaban J connectivity index is 2.28. The summed E-state index contributed by atoms with van der Waals surface area (Å²) >= 11 is 5.39. The molecule has 1 unspecified atom stereocenters. The molecule has 1 aliphatic heterocycles. The molecule has 4 heteroatoms. The molecule has 1 aliphatic rings. The average molecular weight is 300 g/mol. The molecule has 1 fully saturated rings. The van der Waals surface area contributed by atoms with Crippen LogP contribution in [-0.4, -0.2) is 30.4 Å². The molecule has 0 spiro atoms. The lowest BCUT2D eigenvalue weighted by Gasteiger charge is -2.33. The van der Waals surface area contributed by atoms with Gasteiger partial charge in [-0.3, -0.25) is 4.79 Å². The van der Waals surface area contributed by atoms with Gasteiger partial charge in [-0.15, -0.1) is 0 Å². The molecule has 0 amide bonds. The number of hydrogen-bond acceptors (Lipinski definition) is 3. The maximum absolute atomic E-state index is 11.1. The monoisotopic (exact) mass is 299 g/mol. The van der Waals surface area contributed by atoms with E-state index in [2.05, 4.69) is 27.8 Å². The van der Waals surface area contributed by atoms with Gasteiger partial charge >= 0.3 is 0 Å². The van der Waals surface area contributed by atoms with Gasteiger partial charge in [0.2, 0.25) is 0 Å². The number of carbonyl (C=O) groups is 1. The maximum atomic E-state index is 11.1. The Morgan fingerprint density at radius 1 is 1.56 bits per heavy atom. The van der Waals surface area contributed by atoms with Crippen molar-refractivity contribution in [1.29, 1.82) is 0 Å². The molecule has 1 aromatic rings. The molecule has 0 aromatic heterocycles. The summed E-state index contributed by atoms with van der Waals surface area (Å²) in [4.78, 5) is 13.4. The molecule has 1 heterocycles. The second kappa shape index (κ2) is 5.23. The lowest BCUT2D eigenvalue weighted by atomic mass is 10.1. The van der Waals surface area contributed by atoms with Gasteiger partial charge in [-0.2, -0.15) is 11.8 Å². The van der Waals surface area contributed by atoms with Gasteiger partial charge in [0.15, 0.2) is 6.29 Å². The summed E-state index contributed by atoms with van der Waals surface area (Å²) in [7, 11) is 0. The Bertz CT molecular complexity index is 397. The molecule has 1 saturated heterocycles. The number of halogens is 1. The average Bonchev–Trinajstić information content (AvgIpc) is 2.28. The van der Waals surface area contributed by atoms with Gasteiger partial charge in [-0.25, -0.2) is 0 Å². The van der Waals surface area contributed by atoms with E-state index < -0.39 is 0 Å². The zero-order chi connectivity index (χ0) is 11.5. The molecule has 86 valence electrons. The summed E-state index contributed by atoms with van der Waals surface area (Å²) in [6.07, 6.45) is 0.937. The van der Waals surface area contributed by atoms with Crippen LogP contribution in [0.2, 0.25) is 0 Å². The summed E-state index contributed by atoms with van der Waals surface area (Å²) in [5.41, 5.74) is 1.83. The summed E-state index contributed by atoms with van der Waals surface area (Å²) in [6, 6.07) is 5.90. The first-order chi connectivity index (χ1) is 7.70. The predicted octanol–water partition coefficient (Wildman–Crippen LogP) is 3.20. The van der Waals surface area contributed by atoms with Crippen molar-refractivity contribution in [2.75, 3.05) is 23.7 Å². The van der Waals surface area contributed by atoms with Crippen LogP contribution in [0.5, 0.6) is 0 Å². The smallest absolute Gasteiger partial charge is 0.152 e. The van der Waals surface area contributed by atoms with E-state index in [0.717, 1.165) is 40.9 Å². The molecule has 2 nitrogen and oxygen atoms in total. The largest absolute Gasteiger partial charge is 0.369 e. The third-order valence-electron chi connectivity index (χ3n) is 2.70. The standard InChI is InChI=1S/C12H14BrNOS/c1-9-7-14(4-5-16-9)12-3-2-11(13)6-10(12)8-15/h2-3,6,8-9H,4-5,7H2,1H3. The van der Waals surface area contributed by atoms with Crippen LogP contribution in [0.25, 0.3) is 0 Å². The Morgan fingerprint density at radius 2 is 2.38 bits per heavy atom. The van der Waals surface area contributed by atoms with Crippen molar-refractivity contribution in [1.82, 2.24) is 0 Å². The fourth-order valence-electron chi connectivity index (χ4n) is 1.94. The van der Waals surface area contributed by atoms with Crippen LogP contribution >= 0.6 is 27.7 Å². The van der Waals surface area contributed by atoms with Gasteiger partial charge in [-0.05, 0) is 18.2 Å². The summed E-state index contributed by atoms with van der Waals surface area (Å²) in [5, 5.41) is 0.636. The molecule has 1 aromatic carbocycles. The first-order valence-electron chi connectivity index (χ1n) is 5.32. The normalized spacial score (nSPS) is 20.9. The molecule has 0 bridgehead atoms. The fourth-order valence-corrected chi connectivity index (χ4v) is 3.34. The topological polar surface area (TPSA) is 20.3 Å². The molecular formula is C12H14BrNOS. The van der Waals surface area contributed by atoms with Crippen LogP contribution in [0.1, 0.15) is 17.3 Å². The van der Waals surface area contributed by atoms with E-state index in [1.807, 2.05) is 30.0 Å². The Hall–Kier alpha value is -0.480. The van der Waals surface area contributed by atoms with Crippen molar-refractivity contribution in [2.45, 2.75) is 12.2 Å². The third-order valence-corrected chi connectivity index (χ3v) is 4.33. The Kier molecular flexibility index (Phi) is 3.92. The minimum absolute atomic E-state index is 0.636. The van der Waals surface area contributed by atoms with E-state index in [4.69, 9.17) is 0 Å². The van der Waals surface area contributed by atoms with Crippen molar-refractivity contribution in [2.24, 2.45) is 0 Å². The Labute approximate surface area is 109 Å². The predicted molar refractivity (Wildman–Crippen MR) is 73.7 cm³/mol. The van der Waals surface area contributed by atoms with Crippen molar-refractivity contribution >= 4 is 39.7 Å². The summed E-state index contributed by atoms with van der Waals surface area (Å²) < 4.78 is 0.956. The van der Waals surface area contributed by atoms with E-state index in [1.165, 1.54) is 0 Å². The molecule has 1 atom stereocenters. The SMILES string of the molecule is CC1CN(c2ccc(Br)cc2C=O)CCS1. The van der Waals surface area contributed by atoms with E-state index in [-0.39, 0.29) is 0 Å². The summed E-state index contributed by atoms with van der Waals surface area (Å²) in [6.45, 7) is 4.28. The van der Waals surface area contributed by atoms with Crippen LogP contribution in [0, 0.1) is 0 Å². The number of carbonyl (C=O) groups excluding carboxylic acids is 1. The van der Waals surface area contributed by atoms with E-state index in [0.29, 0.717) is 5.25 Å². The van der Waals surface area contributed by atoms with Crippen molar-refractivity contribution in [3.63, 3.8) is 0 Å². The summed E-state index contributed by atoms with van der Waals surface area (Å²) in [5.74, 6) is 1.13. The first kappa shape index (κ1) is 12.0. The number of benzene rings is 1. The van der Waals surface area contributed by atoms with Gasteiger partial charge in [0, 0.05) is 39.8 Å². The van der Waals surface area contributed by atoms with Gasteiger partial charge in [-0.1, -0.05) is 22.9 Å². The van der Waals surface area contributed by atoms with Crippen molar-refractivity contribution in [3.05, 3.63) is 28.2 Å². The van der Waals surface area contributed by atoms with E-state index in [1.54, 1.807) is 0 Å². The third kappa shape index (κ3) is 2.61. The second-order valence-corrected chi connectivity index (χ2v) is 6.41. The number of thioether (sulfide) groups is 1. The van der Waals surface area contributed by atoms with Gasteiger partial charge in [0.05, 0.1) is 0 Å². The van der Waals surface area contributed by atoms with Gasteiger partial charge in [0.25, 0.3) is 0 Å². The fraction of sp³-hybridized carbons (Fsp3) is 0.417. The highest BCUT2D eigenvalue weighted by molar-refractivity contribution is 9.10. The quantitative estimate of drug-likeness (QED) is 0.782. The number of rotatable bonds is 2. The molecule has 16 heavy (non-hydrogen) atoms. The van der Waals surface area contributed by atoms with Crippen LogP contribution in [0.15, 0.2) is 22.7 Å². The zero-order valence-electron chi connectivity index (χ0n) is 9.15. The number of hydrogen-bond donors (Lipinski definition) is 0. The lowest BCUT2D eigenvalue weighted by Crippen LogP contribution is -2.37. The molecule has 0 N–H and O–H groups in total. The molecular weight excluding hydrogens is 286 g/mol. The minimum atomic E-state index is 0.636. The van der Waals surface area contributed by atoms with Crippen molar-refractivity contribution in [3.8, 4) is 0 Å². The molecule has 0 radical (unpaired) electrons. The second-order valence-electron chi connectivity index (χ2n) is 3.95. The highest BCUT2D eigenvalue weighted by Crippen LogP contribution is 2.27. The van der Waals surface area contributed by atoms with Crippen molar-refractivity contribution < 1.29 is 4.79 Å². The maximum Gasteiger partial charge on any atom is 0.152 e. The van der Waals surface area contributed by atoms with Gasteiger partial charge in [0.1, 0.15) is 0 Å². The lowest BCUT2D eigenvalue weighted by molar-refractivity contribution is 0.112. The highest BCUT2D eigenvalue weighted by Gasteiger charge is 2.19. The molecule has 0 aliphatic carbocycles. The van der Waals surface area contributed by atoms with Crippen LogP contribution in [0.3, 0.4) is 0 Å². The van der Waals surface area contributed by atoms with E-state index in [9.17, 15) is 4.79 Å². The van der Waals surface area contributed by atoms with E-state index >= 15 is 0 Å². The minimum Gasteiger partial charge on any atom is -0.369 e. The molecule has 2 rings (SSSR count). The molecule has 0 saturated carbocycles. The number of aldehydes is 1. The van der Waals surface area contributed by atoms with Crippen LogP contribution in [-0.2, 0) is 0 Å².